The molecule has 0 radical (unpaired) electrons. The van der Waals surface area contributed by atoms with E-state index in [1.54, 1.807) is 6.07 Å². The molecule has 2 atom stereocenters. The van der Waals surface area contributed by atoms with Gasteiger partial charge in [-0.1, -0.05) is 29.3 Å². The maximum absolute atomic E-state index is 14.0. The molecule has 12 heteroatoms. The Morgan fingerprint density at radius 1 is 1.23 bits per heavy atom. The molecule has 2 N–H and O–H groups in total. The van der Waals surface area contributed by atoms with E-state index in [1.165, 1.54) is 29.5 Å². The van der Waals surface area contributed by atoms with Gasteiger partial charge in [-0.25, -0.2) is 4.68 Å². The third-order valence-electron chi connectivity index (χ3n) is 6.28. The van der Waals surface area contributed by atoms with Gasteiger partial charge in [-0.3, -0.25) is 4.79 Å². The molecule has 182 valence electrons. The zero-order valence-corrected chi connectivity index (χ0v) is 20.4. The van der Waals surface area contributed by atoms with Crippen LogP contribution in [0.4, 0.5) is 24.0 Å². The molecule has 35 heavy (non-hydrogen) atoms. The number of nitrogens with one attached hydrogen (secondary N) is 2. The fourth-order valence-corrected chi connectivity index (χ4v) is 6.11. The van der Waals surface area contributed by atoms with Gasteiger partial charge in [0, 0.05) is 17.4 Å². The van der Waals surface area contributed by atoms with Gasteiger partial charge in [-0.05, 0) is 48.9 Å². The van der Waals surface area contributed by atoms with Crippen LogP contribution in [0.1, 0.15) is 63.4 Å². The van der Waals surface area contributed by atoms with E-state index in [0.29, 0.717) is 21.2 Å². The highest BCUT2D eigenvalue weighted by Crippen LogP contribution is 2.44. The molecule has 1 amide bonds. The quantitative estimate of drug-likeness (QED) is 0.378. The van der Waals surface area contributed by atoms with Crippen molar-refractivity contribution < 1.29 is 18.0 Å². The minimum absolute atomic E-state index is 0.0609. The number of aromatic nitrogens is 2. The number of hydrogen-bond acceptors (Lipinski definition) is 5. The molecule has 3 aromatic rings. The molecule has 0 spiro atoms. The van der Waals surface area contributed by atoms with E-state index in [1.807, 2.05) is 0 Å². The zero-order chi connectivity index (χ0) is 24.9. The molecule has 0 saturated heterocycles. The summed E-state index contributed by atoms with van der Waals surface area (Å²) in [4.78, 5) is 14.0. The van der Waals surface area contributed by atoms with Crippen LogP contribution < -0.4 is 10.6 Å². The SMILES string of the molecule is N#Cc1c(NC(=O)c2cc3n(n2)C(C(F)(F)F)CC(c2ccc(Cl)c(Cl)c2)N3)sc2c1CCCC2. The molecule has 6 nitrogen and oxygen atoms in total. The van der Waals surface area contributed by atoms with Crippen molar-refractivity contribution in [1.29, 1.82) is 5.26 Å². The number of nitriles is 1. The van der Waals surface area contributed by atoms with E-state index in [4.69, 9.17) is 23.2 Å². The monoisotopic (exact) mass is 539 g/mol. The zero-order valence-electron chi connectivity index (χ0n) is 18.0. The predicted octanol–water partition coefficient (Wildman–Crippen LogP) is 6.91. The number of benzene rings is 1. The number of carbonyl (C=O) groups excluding carboxylic acids is 1. The fraction of sp³-hybridized carbons (Fsp3) is 0.348. The maximum Gasteiger partial charge on any atom is 0.410 e. The lowest BCUT2D eigenvalue weighted by atomic mass is 9.96. The van der Waals surface area contributed by atoms with Gasteiger partial charge in [-0.2, -0.15) is 23.5 Å². The highest BCUT2D eigenvalue weighted by Gasteiger charge is 2.47. The van der Waals surface area contributed by atoms with Crippen LogP contribution in [0.5, 0.6) is 0 Å². The van der Waals surface area contributed by atoms with Gasteiger partial charge >= 0.3 is 6.18 Å². The van der Waals surface area contributed by atoms with Crippen LogP contribution >= 0.6 is 34.5 Å². The first-order valence-electron chi connectivity index (χ1n) is 10.9. The summed E-state index contributed by atoms with van der Waals surface area (Å²) in [7, 11) is 0. The summed E-state index contributed by atoms with van der Waals surface area (Å²) in [6, 6.07) is 5.45. The van der Waals surface area contributed by atoms with E-state index in [9.17, 15) is 23.2 Å². The maximum atomic E-state index is 14.0. The first-order valence-corrected chi connectivity index (χ1v) is 12.5. The summed E-state index contributed by atoms with van der Waals surface area (Å²) >= 11 is 13.4. The summed E-state index contributed by atoms with van der Waals surface area (Å²) in [5.74, 6) is -0.610. The van der Waals surface area contributed by atoms with E-state index in [0.717, 1.165) is 40.8 Å². The van der Waals surface area contributed by atoms with Gasteiger partial charge in [0.2, 0.25) is 0 Å². The van der Waals surface area contributed by atoms with Crippen LogP contribution in [-0.2, 0) is 12.8 Å². The lowest BCUT2D eigenvalue weighted by Crippen LogP contribution is -2.35. The number of alkyl halides is 3. The normalized spacial score (nSPS) is 19.3. The molecule has 0 fully saturated rings. The molecule has 2 aromatic heterocycles. The number of aryl methyl sites for hydroxylation is 1. The molecule has 5 rings (SSSR count). The van der Waals surface area contributed by atoms with Crippen LogP contribution in [0.25, 0.3) is 0 Å². The van der Waals surface area contributed by atoms with E-state index < -0.39 is 24.2 Å². The van der Waals surface area contributed by atoms with Crippen molar-refractivity contribution in [2.45, 2.75) is 50.4 Å². The smallest absolute Gasteiger partial charge is 0.363 e. The molecular weight excluding hydrogens is 522 g/mol. The molecule has 0 saturated carbocycles. The average Bonchev–Trinajstić information content (AvgIpc) is 3.40. The predicted molar refractivity (Wildman–Crippen MR) is 128 cm³/mol. The van der Waals surface area contributed by atoms with Crippen molar-refractivity contribution >= 4 is 51.3 Å². The number of fused-ring (bicyclic) bond motifs is 2. The van der Waals surface area contributed by atoms with E-state index in [2.05, 4.69) is 21.8 Å². The third-order valence-corrected chi connectivity index (χ3v) is 8.22. The minimum Gasteiger partial charge on any atom is -0.363 e. The van der Waals surface area contributed by atoms with Crippen LogP contribution in [0, 0.1) is 11.3 Å². The van der Waals surface area contributed by atoms with Gasteiger partial charge in [-0.15, -0.1) is 11.3 Å². The number of carbonyl (C=O) groups is 1. The number of nitrogens with zero attached hydrogens (tertiary/aromatic N) is 3. The topological polar surface area (TPSA) is 82.7 Å². The van der Waals surface area contributed by atoms with Gasteiger partial charge in [0.25, 0.3) is 5.91 Å². The Morgan fingerprint density at radius 2 is 2.00 bits per heavy atom. The number of amides is 1. The highest BCUT2D eigenvalue weighted by molar-refractivity contribution is 7.16. The number of hydrogen-bond donors (Lipinski definition) is 2. The van der Waals surface area contributed by atoms with Crippen molar-refractivity contribution in [3.8, 4) is 6.07 Å². The summed E-state index contributed by atoms with van der Waals surface area (Å²) in [6.45, 7) is 0. The molecular formula is C23H18Cl2F3N5OS. The number of anilines is 2. The standard InChI is InChI=1S/C23H18Cl2F3N5OS/c24-14-6-5-11(7-15(14)25)16-8-19(23(26,27)28)33-20(30-16)9-17(32-33)21(34)31-22-13(10-29)12-3-1-2-4-18(12)35-22/h5-7,9,16,19,30H,1-4,8H2,(H,31,34). The number of halogens is 5. The fourth-order valence-electron chi connectivity index (χ4n) is 4.57. The lowest BCUT2D eigenvalue weighted by Gasteiger charge is -2.33. The second-order valence-electron chi connectivity index (χ2n) is 8.50. The lowest BCUT2D eigenvalue weighted by molar-refractivity contribution is -0.173. The molecule has 1 aliphatic heterocycles. The second kappa shape index (κ2) is 9.04. The Bertz CT molecular complexity index is 1360. The summed E-state index contributed by atoms with van der Waals surface area (Å²) in [5, 5.41) is 20.3. The second-order valence-corrected chi connectivity index (χ2v) is 10.4. The van der Waals surface area contributed by atoms with Gasteiger partial charge in [0.05, 0.1) is 21.7 Å². The van der Waals surface area contributed by atoms with Crippen molar-refractivity contribution in [1.82, 2.24) is 9.78 Å². The first kappa shape index (κ1) is 24.0. The average molecular weight is 540 g/mol. The van der Waals surface area contributed by atoms with Crippen molar-refractivity contribution in [2.75, 3.05) is 10.6 Å². The molecule has 1 aromatic carbocycles. The van der Waals surface area contributed by atoms with Crippen molar-refractivity contribution in [3.05, 3.63) is 61.6 Å². The molecule has 2 unspecified atom stereocenters. The third kappa shape index (κ3) is 4.48. The van der Waals surface area contributed by atoms with Crippen molar-refractivity contribution in [2.24, 2.45) is 0 Å². The van der Waals surface area contributed by atoms with Gasteiger partial charge in [0.1, 0.15) is 16.9 Å². The molecule has 2 aliphatic rings. The van der Waals surface area contributed by atoms with Crippen LogP contribution in [-0.4, -0.2) is 21.9 Å². The summed E-state index contributed by atoms with van der Waals surface area (Å²) in [6.07, 6.45) is -1.32. The van der Waals surface area contributed by atoms with Crippen LogP contribution in [0.2, 0.25) is 10.0 Å². The van der Waals surface area contributed by atoms with Gasteiger partial charge in [0.15, 0.2) is 11.7 Å². The van der Waals surface area contributed by atoms with E-state index in [-0.39, 0.29) is 23.0 Å². The Kier molecular flexibility index (Phi) is 6.20. The first-order chi connectivity index (χ1) is 16.7. The summed E-state index contributed by atoms with van der Waals surface area (Å²) in [5.41, 5.74) is 1.74. The van der Waals surface area contributed by atoms with E-state index >= 15 is 0 Å². The highest BCUT2D eigenvalue weighted by atomic mass is 35.5. The Morgan fingerprint density at radius 3 is 2.71 bits per heavy atom. The largest absolute Gasteiger partial charge is 0.410 e. The molecule has 3 heterocycles. The Balaban J connectivity index is 1.45. The molecule has 0 bridgehead atoms. The van der Waals surface area contributed by atoms with Crippen molar-refractivity contribution in [3.63, 3.8) is 0 Å². The van der Waals surface area contributed by atoms with Crippen LogP contribution in [0.3, 0.4) is 0 Å². The minimum atomic E-state index is -4.59. The summed E-state index contributed by atoms with van der Waals surface area (Å²) < 4.78 is 42.7. The van der Waals surface area contributed by atoms with Crippen LogP contribution in [0.15, 0.2) is 24.3 Å². The Hall–Kier alpha value is -2.74. The number of rotatable bonds is 3. The Labute approximate surface area is 212 Å². The number of thiophene rings is 1. The van der Waals surface area contributed by atoms with Gasteiger partial charge < -0.3 is 10.6 Å². The molecule has 1 aliphatic carbocycles.